The lowest BCUT2D eigenvalue weighted by Crippen LogP contribution is -2.34. The molecule has 5 nitrogen and oxygen atoms in total. The van der Waals surface area contributed by atoms with E-state index in [0.29, 0.717) is 31.2 Å². The first-order chi connectivity index (χ1) is 10.6. The van der Waals surface area contributed by atoms with Gasteiger partial charge in [0.2, 0.25) is 0 Å². The quantitative estimate of drug-likeness (QED) is 0.737. The van der Waals surface area contributed by atoms with Gasteiger partial charge in [-0.05, 0) is 43.9 Å². The van der Waals surface area contributed by atoms with Crippen LogP contribution in [0.3, 0.4) is 0 Å². The van der Waals surface area contributed by atoms with E-state index >= 15 is 0 Å². The van der Waals surface area contributed by atoms with Crippen LogP contribution in [0.5, 0.6) is 0 Å². The summed E-state index contributed by atoms with van der Waals surface area (Å²) in [7, 11) is 1.96. The summed E-state index contributed by atoms with van der Waals surface area (Å²) >= 11 is 0. The van der Waals surface area contributed by atoms with Gasteiger partial charge in [0.1, 0.15) is 0 Å². The van der Waals surface area contributed by atoms with E-state index in [1.807, 2.05) is 42.1 Å². The minimum Gasteiger partial charge on any atom is -0.390 e. The molecule has 3 atom stereocenters. The number of nitrogens with zero attached hydrogens (tertiary/aromatic N) is 1. The highest BCUT2D eigenvalue weighted by atomic mass is 16.3. The molecular weight excluding hydrogens is 280 g/mol. The highest BCUT2D eigenvalue weighted by Gasteiger charge is 2.25. The van der Waals surface area contributed by atoms with Crippen molar-refractivity contribution >= 4 is 16.8 Å². The molecule has 1 amide bonds. The summed E-state index contributed by atoms with van der Waals surface area (Å²) in [6, 6.07) is 7.66. The fraction of sp³-hybridized carbons (Fsp3) is 0.471. The molecule has 1 aromatic heterocycles. The standard InChI is InChI=1S/C17H22N2O3/c1-19-10-9-12-13(3-2-4-14(12)19)17(22)18-11-5-7-15(20)16(21)8-6-11/h2-4,9-11,15-16,20-21H,5-8H2,1H3,(H,18,22)/t11?,15-,16+. The zero-order chi connectivity index (χ0) is 15.7. The molecule has 0 aliphatic heterocycles. The van der Waals surface area contributed by atoms with Gasteiger partial charge in [-0.1, -0.05) is 6.07 Å². The van der Waals surface area contributed by atoms with Crippen LogP contribution in [0.15, 0.2) is 30.5 Å². The molecule has 5 heteroatoms. The van der Waals surface area contributed by atoms with Crippen molar-refractivity contribution in [2.75, 3.05) is 0 Å². The van der Waals surface area contributed by atoms with Gasteiger partial charge in [0.15, 0.2) is 0 Å². The molecule has 1 aliphatic carbocycles. The third-order valence-corrected chi connectivity index (χ3v) is 4.57. The van der Waals surface area contributed by atoms with Gasteiger partial charge < -0.3 is 20.1 Å². The topological polar surface area (TPSA) is 74.5 Å². The molecule has 1 saturated carbocycles. The summed E-state index contributed by atoms with van der Waals surface area (Å²) in [6.07, 6.45) is 2.99. The Morgan fingerprint density at radius 1 is 1.14 bits per heavy atom. The highest BCUT2D eigenvalue weighted by Crippen LogP contribution is 2.22. The van der Waals surface area contributed by atoms with Crippen LogP contribution in [0.2, 0.25) is 0 Å². The Hall–Kier alpha value is -1.85. The third-order valence-electron chi connectivity index (χ3n) is 4.57. The summed E-state index contributed by atoms with van der Waals surface area (Å²) in [4.78, 5) is 12.6. The Morgan fingerprint density at radius 3 is 2.50 bits per heavy atom. The summed E-state index contributed by atoms with van der Waals surface area (Å²) in [6.45, 7) is 0. The molecule has 0 spiro atoms. The van der Waals surface area contributed by atoms with Crippen molar-refractivity contribution in [2.45, 2.75) is 43.9 Å². The van der Waals surface area contributed by atoms with Crippen molar-refractivity contribution in [1.82, 2.24) is 9.88 Å². The molecule has 22 heavy (non-hydrogen) atoms. The molecule has 2 aromatic rings. The minimum atomic E-state index is -0.681. The number of aliphatic hydroxyl groups is 2. The van der Waals surface area contributed by atoms with Gasteiger partial charge in [-0.15, -0.1) is 0 Å². The smallest absolute Gasteiger partial charge is 0.252 e. The zero-order valence-electron chi connectivity index (χ0n) is 12.7. The number of aliphatic hydroxyl groups excluding tert-OH is 2. The minimum absolute atomic E-state index is 0.00160. The lowest BCUT2D eigenvalue weighted by molar-refractivity contribution is 0.0157. The molecule has 1 fully saturated rings. The van der Waals surface area contributed by atoms with Crippen molar-refractivity contribution in [2.24, 2.45) is 7.05 Å². The van der Waals surface area contributed by atoms with E-state index in [4.69, 9.17) is 0 Å². The van der Waals surface area contributed by atoms with Crippen LogP contribution in [0.4, 0.5) is 0 Å². The fourth-order valence-electron chi connectivity index (χ4n) is 3.18. The number of rotatable bonds is 2. The molecule has 1 heterocycles. The maximum atomic E-state index is 12.6. The van der Waals surface area contributed by atoms with Crippen LogP contribution in [-0.2, 0) is 7.05 Å². The number of aryl methyl sites for hydroxylation is 1. The number of nitrogens with one attached hydrogen (secondary N) is 1. The molecular formula is C17H22N2O3. The van der Waals surface area contributed by atoms with Gasteiger partial charge >= 0.3 is 0 Å². The lowest BCUT2D eigenvalue weighted by Gasteiger charge is -2.16. The summed E-state index contributed by atoms with van der Waals surface area (Å²) in [5, 5.41) is 23.4. The fourth-order valence-corrected chi connectivity index (χ4v) is 3.18. The Bertz CT molecular complexity index is 668. The molecule has 1 aliphatic rings. The first kappa shape index (κ1) is 15.1. The molecule has 118 valence electrons. The van der Waals surface area contributed by atoms with Crippen LogP contribution < -0.4 is 5.32 Å². The van der Waals surface area contributed by atoms with Gasteiger partial charge in [0.05, 0.1) is 12.2 Å². The van der Waals surface area contributed by atoms with Crippen molar-refractivity contribution in [1.29, 1.82) is 0 Å². The van der Waals surface area contributed by atoms with E-state index in [0.717, 1.165) is 10.9 Å². The number of amides is 1. The number of hydrogen-bond donors (Lipinski definition) is 3. The van der Waals surface area contributed by atoms with Gasteiger partial charge in [-0.25, -0.2) is 0 Å². The normalized spacial score (nSPS) is 25.9. The average molecular weight is 302 g/mol. The second-order valence-electron chi connectivity index (χ2n) is 6.12. The third kappa shape index (κ3) is 2.87. The van der Waals surface area contributed by atoms with Crippen molar-refractivity contribution in [3.8, 4) is 0 Å². The first-order valence-corrected chi connectivity index (χ1v) is 7.77. The SMILES string of the molecule is Cn1ccc2c(C(=O)NC3CC[C@@H](O)[C@@H](O)CC3)cccc21. The first-order valence-electron chi connectivity index (χ1n) is 7.77. The van der Waals surface area contributed by atoms with E-state index in [1.165, 1.54) is 0 Å². The van der Waals surface area contributed by atoms with E-state index in [9.17, 15) is 15.0 Å². The number of hydrogen-bond acceptors (Lipinski definition) is 3. The summed E-state index contributed by atoms with van der Waals surface area (Å²) in [5.74, 6) is -0.0901. The zero-order valence-corrected chi connectivity index (χ0v) is 12.7. The van der Waals surface area contributed by atoms with Crippen LogP contribution in [0.25, 0.3) is 10.9 Å². The van der Waals surface area contributed by atoms with Crippen molar-refractivity contribution < 1.29 is 15.0 Å². The predicted octanol–water partition coefficient (Wildman–Crippen LogP) is 1.57. The summed E-state index contributed by atoms with van der Waals surface area (Å²) in [5.41, 5.74) is 1.70. The van der Waals surface area contributed by atoms with E-state index < -0.39 is 12.2 Å². The Labute approximate surface area is 129 Å². The maximum absolute atomic E-state index is 12.6. The van der Waals surface area contributed by atoms with Crippen LogP contribution >= 0.6 is 0 Å². The average Bonchev–Trinajstić information content (AvgIpc) is 2.82. The van der Waals surface area contributed by atoms with Gasteiger partial charge in [0, 0.05) is 35.8 Å². The molecule has 3 N–H and O–H groups in total. The van der Waals surface area contributed by atoms with Gasteiger partial charge in [-0.3, -0.25) is 4.79 Å². The number of benzene rings is 1. The molecule has 0 bridgehead atoms. The number of carbonyl (C=O) groups is 1. The number of fused-ring (bicyclic) bond motifs is 1. The van der Waals surface area contributed by atoms with Crippen LogP contribution in [0.1, 0.15) is 36.0 Å². The molecule has 0 radical (unpaired) electrons. The highest BCUT2D eigenvalue weighted by molar-refractivity contribution is 6.06. The van der Waals surface area contributed by atoms with E-state index in [1.54, 1.807) is 0 Å². The molecule has 3 rings (SSSR count). The van der Waals surface area contributed by atoms with Crippen molar-refractivity contribution in [3.63, 3.8) is 0 Å². The lowest BCUT2D eigenvalue weighted by atomic mass is 10.1. The largest absolute Gasteiger partial charge is 0.390 e. The number of carbonyl (C=O) groups excluding carboxylic acids is 1. The Kier molecular flexibility index (Phi) is 4.18. The van der Waals surface area contributed by atoms with Crippen LogP contribution in [0, 0.1) is 0 Å². The van der Waals surface area contributed by atoms with Crippen LogP contribution in [-0.4, -0.2) is 38.9 Å². The van der Waals surface area contributed by atoms with E-state index in [2.05, 4.69) is 5.32 Å². The van der Waals surface area contributed by atoms with Gasteiger partial charge in [0.25, 0.3) is 5.91 Å². The predicted molar refractivity (Wildman–Crippen MR) is 84.7 cm³/mol. The monoisotopic (exact) mass is 302 g/mol. The molecule has 1 unspecified atom stereocenters. The Balaban J connectivity index is 1.76. The van der Waals surface area contributed by atoms with E-state index in [-0.39, 0.29) is 11.9 Å². The second kappa shape index (κ2) is 6.10. The second-order valence-corrected chi connectivity index (χ2v) is 6.12. The molecule has 1 aromatic carbocycles. The maximum Gasteiger partial charge on any atom is 0.252 e. The van der Waals surface area contributed by atoms with Gasteiger partial charge in [-0.2, -0.15) is 0 Å². The van der Waals surface area contributed by atoms with Crippen molar-refractivity contribution in [3.05, 3.63) is 36.0 Å². The molecule has 0 saturated heterocycles. The number of aromatic nitrogens is 1. The Morgan fingerprint density at radius 2 is 1.82 bits per heavy atom. The summed E-state index contributed by atoms with van der Waals surface area (Å²) < 4.78 is 1.99.